The molecule has 0 amide bonds. The van der Waals surface area contributed by atoms with Crippen molar-refractivity contribution in [1.82, 2.24) is 9.38 Å². The van der Waals surface area contributed by atoms with E-state index in [-0.39, 0.29) is 0 Å². The molecule has 5 nitrogen and oxygen atoms in total. The number of nitrogens with zero attached hydrogens (tertiary/aromatic N) is 2. The molecule has 100 valence electrons. The van der Waals surface area contributed by atoms with Gasteiger partial charge in [-0.1, -0.05) is 6.07 Å². The molecule has 0 spiro atoms. The molecular weight excluding hydrogens is 254 g/mol. The third kappa shape index (κ3) is 1.80. The van der Waals surface area contributed by atoms with Gasteiger partial charge in [0.1, 0.15) is 17.3 Å². The van der Waals surface area contributed by atoms with Gasteiger partial charge >= 0.3 is 0 Å². The molecule has 0 saturated carbocycles. The molecule has 0 fully saturated rings. The highest BCUT2D eigenvalue weighted by Crippen LogP contribution is 2.29. The molecular formula is C15H13N3O2. The smallest absolute Gasteiger partial charge is 0.170 e. The van der Waals surface area contributed by atoms with Crippen molar-refractivity contribution in [2.24, 2.45) is 0 Å². The van der Waals surface area contributed by atoms with E-state index >= 15 is 0 Å². The number of benzene rings is 1. The van der Waals surface area contributed by atoms with Crippen LogP contribution in [0.4, 0.5) is 5.69 Å². The first kappa shape index (κ1) is 12.2. The average Bonchev–Trinajstić information content (AvgIpc) is 2.87. The summed E-state index contributed by atoms with van der Waals surface area (Å²) in [6, 6.07) is 11.0. The number of hydrogen-bond donors (Lipinski definition) is 1. The van der Waals surface area contributed by atoms with Crippen molar-refractivity contribution in [3.8, 4) is 17.1 Å². The number of nitrogens with two attached hydrogens (primary N) is 1. The number of fused-ring (bicyclic) bond motifs is 1. The summed E-state index contributed by atoms with van der Waals surface area (Å²) in [5.74, 6) is 1.27. The lowest BCUT2D eigenvalue weighted by molar-refractivity contribution is 0.112. The Morgan fingerprint density at radius 3 is 2.90 bits per heavy atom. The summed E-state index contributed by atoms with van der Waals surface area (Å²) >= 11 is 0. The van der Waals surface area contributed by atoms with E-state index < -0.39 is 0 Å². The Bertz CT molecular complexity index is 793. The molecule has 0 aliphatic heterocycles. The van der Waals surface area contributed by atoms with Gasteiger partial charge in [-0.25, -0.2) is 4.98 Å². The lowest BCUT2D eigenvalue weighted by atomic mass is 10.2. The van der Waals surface area contributed by atoms with Gasteiger partial charge in [0.25, 0.3) is 0 Å². The minimum atomic E-state index is 0.413. The van der Waals surface area contributed by atoms with Crippen LogP contribution in [0.25, 0.3) is 16.9 Å². The molecule has 0 atom stereocenters. The molecule has 2 aromatic heterocycles. The zero-order chi connectivity index (χ0) is 14.1. The summed E-state index contributed by atoms with van der Waals surface area (Å²) in [6.07, 6.45) is 2.63. The quantitative estimate of drug-likeness (QED) is 0.584. The van der Waals surface area contributed by atoms with Crippen molar-refractivity contribution in [3.05, 3.63) is 48.3 Å². The van der Waals surface area contributed by atoms with Crippen molar-refractivity contribution in [2.75, 3.05) is 12.8 Å². The third-order valence-corrected chi connectivity index (χ3v) is 3.18. The molecule has 0 bridgehead atoms. The number of rotatable bonds is 3. The van der Waals surface area contributed by atoms with Gasteiger partial charge in [-0.05, 0) is 30.3 Å². The number of anilines is 1. The molecule has 2 N–H and O–H groups in total. The number of aromatic nitrogens is 2. The number of methoxy groups -OCH3 is 1. The van der Waals surface area contributed by atoms with Crippen LogP contribution in [-0.4, -0.2) is 22.8 Å². The first-order chi connectivity index (χ1) is 9.74. The Kier molecular flexibility index (Phi) is 2.87. The topological polar surface area (TPSA) is 69.6 Å². The number of carbonyl (C=O) groups is 1. The van der Waals surface area contributed by atoms with Crippen molar-refractivity contribution in [3.63, 3.8) is 0 Å². The summed E-state index contributed by atoms with van der Waals surface area (Å²) in [5.41, 5.74) is 8.40. The lowest BCUT2D eigenvalue weighted by Crippen LogP contribution is -1.94. The largest absolute Gasteiger partial charge is 0.495 e. The molecule has 5 heteroatoms. The van der Waals surface area contributed by atoms with Crippen LogP contribution in [0.5, 0.6) is 5.75 Å². The second kappa shape index (κ2) is 4.70. The second-order valence-corrected chi connectivity index (χ2v) is 4.35. The van der Waals surface area contributed by atoms with Gasteiger partial charge in [0.2, 0.25) is 0 Å². The highest BCUT2D eigenvalue weighted by atomic mass is 16.5. The molecule has 2 heterocycles. The highest BCUT2D eigenvalue weighted by Gasteiger charge is 2.13. The van der Waals surface area contributed by atoms with Crippen LogP contribution in [0, 0.1) is 0 Å². The number of carbonyl (C=O) groups excluding carboxylic acids is 1. The predicted molar refractivity (Wildman–Crippen MR) is 77.0 cm³/mol. The maximum Gasteiger partial charge on any atom is 0.170 e. The summed E-state index contributed by atoms with van der Waals surface area (Å²) in [4.78, 5) is 15.5. The minimum Gasteiger partial charge on any atom is -0.495 e. The summed E-state index contributed by atoms with van der Waals surface area (Å²) < 4.78 is 7.09. The lowest BCUT2D eigenvalue weighted by Gasteiger charge is -2.07. The van der Waals surface area contributed by atoms with E-state index in [1.807, 2.05) is 40.9 Å². The van der Waals surface area contributed by atoms with Crippen LogP contribution in [0.2, 0.25) is 0 Å². The van der Waals surface area contributed by atoms with Gasteiger partial charge in [0.05, 0.1) is 18.3 Å². The Balaban J connectivity index is 2.27. The van der Waals surface area contributed by atoms with Crippen LogP contribution < -0.4 is 10.5 Å². The Labute approximate surface area is 115 Å². The fourth-order valence-electron chi connectivity index (χ4n) is 2.20. The zero-order valence-corrected chi connectivity index (χ0v) is 10.9. The number of ether oxygens (including phenoxy) is 1. The first-order valence-corrected chi connectivity index (χ1v) is 6.10. The summed E-state index contributed by atoms with van der Waals surface area (Å²) in [7, 11) is 1.57. The van der Waals surface area contributed by atoms with E-state index in [0.717, 1.165) is 17.4 Å². The average molecular weight is 267 g/mol. The highest BCUT2D eigenvalue weighted by molar-refractivity contribution is 5.86. The standard InChI is InChI=1S/C15H13N3O2/c1-20-14-8-10(5-6-11(14)16)15-17-12(9-19)13-4-2-3-7-18(13)15/h2-9H,16H2,1H3. The van der Waals surface area contributed by atoms with Crippen molar-refractivity contribution >= 4 is 17.5 Å². The van der Waals surface area contributed by atoms with E-state index in [0.29, 0.717) is 23.0 Å². The molecule has 0 aliphatic carbocycles. The monoisotopic (exact) mass is 267 g/mol. The fraction of sp³-hybridized carbons (Fsp3) is 0.0667. The molecule has 0 saturated heterocycles. The van der Waals surface area contributed by atoms with Gasteiger partial charge in [0, 0.05) is 11.8 Å². The third-order valence-electron chi connectivity index (χ3n) is 3.18. The first-order valence-electron chi connectivity index (χ1n) is 6.10. The Morgan fingerprint density at radius 1 is 1.30 bits per heavy atom. The van der Waals surface area contributed by atoms with E-state index in [1.165, 1.54) is 0 Å². The molecule has 3 aromatic rings. The fourth-order valence-corrected chi connectivity index (χ4v) is 2.20. The molecule has 20 heavy (non-hydrogen) atoms. The van der Waals surface area contributed by atoms with Gasteiger partial charge in [-0.3, -0.25) is 9.20 Å². The van der Waals surface area contributed by atoms with Crippen molar-refractivity contribution < 1.29 is 9.53 Å². The summed E-state index contributed by atoms with van der Waals surface area (Å²) in [6.45, 7) is 0. The van der Waals surface area contributed by atoms with E-state index in [9.17, 15) is 4.79 Å². The van der Waals surface area contributed by atoms with E-state index in [4.69, 9.17) is 10.5 Å². The molecule has 1 aromatic carbocycles. The number of hydrogen-bond acceptors (Lipinski definition) is 4. The number of pyridine rings is 1. The Hall–Kier alpha value is -2.82. The van der Waals surface area contributed by atoms with Crippen LogP contribution in [-0.2, 0) is 0 Å². The van der Waals surface area contributed by atoms with Crippen LogP contribution in [0.3, 0.4) is 0 Å². The summed E-state index contributed by atoms with van der Waals surface area (Å²) in [5, 5.41) is 0. The number of imidazole rings is 1. The maximum absolute atomic E-state index is 11.1. The number of nitrogen functional groups attached to an aromatic ring is 1. The molecule has 0 aliphatic rings. The van der Waals surface area contributed by atoms with Gasteiger partial charge in [-0.2, -0.15) is 0 Å². The number of aldehydes is 1. The van der Waals surface area contributed by atoms with Gasteiger partial charge in [0.15, 0.2) is 6.29 Å². The minimum absolute atomic E-state index is 0.413. The normalized spacial score (nSPS) is 10.7. The predicted octanol–water partition coefficient (Wildman–Crippen LogP) is 2.40. The van der Waals surface area contributed by atoms with Crippen LogP contribution in [0.1, 0.15) is 10.5 Å². The van der Waals surface area contributed by atoms with E-state index in [1.54, 1.807) is 13.2 Å². The molecule has 0 radical (unpaired) electrons. The molecule has 0 unspecified atom stereocenters. The SMILES string of the molecule is COc1cc(-c2nc(C=O)c3ccccn23)ccc1N. The zero-order valence-electron chi connectivity index (χ0n) is 10.9. The molecule has 3 rings (SSSR count). The van der Waals surface area contributed by atoms with E-state index in [2.05, 4.69) is 4.98 Å². The van der Waals surface area contributed by atoms with Gasteiger partial charge in [-0.15, -0.1) is 0 Å². The second-order valence-electron chi connectivity index (χ2n) is 4.35. The van der Waals surface area contributed by atoms with Crippen LogP contribution in [0.15, 0.2) is 42.6 Å². The Morgan fingerprint density at radius 2 is 2.15 bits per heavy atom. The maximum atomic E-state index is 11.1. The van der Waals surface area contributed by atoms with Crippen molar-refractivity contribution in [2.45, 2.75) is 0 Å². The van der Waals surface area contributed by atoms with Crippen LogP contribution >= 0.6 is 0 Å². The van der Waals surface area contributed by atoms with Crippen molar-refractivity contribution in [1.29, 1.82) is 0 Å². The van der Waals surface area contributed by atoms with Gasteiger partial charge < -0.3 is 10.5 Å².